The highest BCUT2D eigenvalue weighted by Crippen LogP contribution is 2.41. The Labute approximate surface area is 239 Å². The number of phenolic OH excluding ortho intramolecular Hbond substituents is 2. The van der Waals surface area contributed by atoms with E-state index in [2.05, 4.69) is 109 Å². The van der Waals surface area contributed by atoms with Crippen molar-refractivity contribution in [2.75, 3.05) is 0 Å². The lowest BCUT2D eigenvalue weighted by molar-refractivity contribution is 0.470. The molecule has 5 aromatic carbocycles. The van der Waals surface area contributed by atoms with E-state index in [1.165, 1.54) is 33.4 Å². The molecule has 0 bridgehead atoms. The summed E-state index contributed by atoms with van der Waals surface area (Å²) in [5.41, 5.74) is 11.2. The van der Waals surface area contributed by atoms with Crippen LogP contribution in [0.5, 0.6) is 11.5 Å². The molecule has 0 amide bonds. The molecule has 2 N–H and O–H groups in total. The fraction of sp³-hybridized carbons (Fsp3) is 0.167. The molecule has 5 rings (SSSR count). The van der Waals surface area contributed by atoms with Gasteiger partial charge in [-0.1, -0.05) is 112 Å². The van der Waals surface area contributed by atoms with Gasteiger partial charge in [0.2, 0.25) is 0 Å². The first kappa shape index (κ1) is 26.8. The molecular weight excluding hydrogens is 544 g/mol. The van der Waals surface area contributed by atoms with E-state index in [0.717, 1.165) is 26.7 Å². The smallest absolute Gasteiger partial charge is 0.118 e. The molecule has 39 heavy (non-hydrogen) atoms. The van der Waals surface area contributed by atoms with E-state index in [9.17, 15) is 10.2 Å². The number of rotatable bonds is 6. The highest BCUT2D eigenvalue weighted by molar-refractivity contribution is 9.10. The molecule has 5 aromatic rings. The second-order valence-corrected chi connectivity index (χ2v) is 11.4. The molecule has 0 saturated carbocycles. The lowest BCUT2D eigenvalue weighted by Crippen LogP contribution is -2.08. The van der Waals surface area contributed by atoms with Gasteiger partial charge in [0.1, 0.15) is 11.5 Å². The van der Waals surface area contributed by atoms with Crippen LogP contribution in [0, 0.1) is 27.7 Å². The Morgan fingerprint density at radius 3 is 1.41 bits per heavy atom. The average Bonchev–Trinajstić information content (AvgIpc) is 2.90. The molecule has 0 heterocycles. The van der Waals surface area contributed by atoms with Crippen molar-refractivity contribution in [3.8, 4) is 11.5 Å². The van der Waals surface area contributed by atoms with E-state index in [1.54, 1.807) is 12.1 Å². The molecule has 196 valence electrons. The monoisotopic (exact) mass is 576 g/mol. The number of phenols is 2. The van der Waals surface area contributed by atoms with Crippen LogP contribution in [0.3, 0.4) is 0 Å². The first-order valence-electron chi connectivity index (χ1n) is 13.2. The third kappa shape index (κ3) is 5.65. The number of aryl methyl sites for hydroxylation is 4. The quantitative estimate of drug-likeness (QED) is 0.197. The molecule has 0 saturated heterocycles. The molecule has 2 nitrogen and oxygen atoms in total. The van der Waals surface area contributed by atoms with Gasteiger partial charge in [0.25, 0.3) is 0 Å². The van der Waals surface area contributed by atoms with E-state index >= 15 is 0 Å². The Hall–Kier alpha value is -3.82. The number of aromatic hydroxyl groups is 2. The predicted octanol–water partition coefficient (Wildman–Crippen LogP) is 9.45. The Bertz CT molecular complexity index is 1650. The van der Waals surface area contributed by atoms with Gasteiger partial charge in [-0.2, -0.15) is 0 Å². The maximum atomic E-state index is 10.2. The van der Waals surface area contributed by atoms with Crippen LogP contribution in [0.15, 0.2) is 108 Å². The van der Waals surface area contributed by atoms with Crippen molar-refractivity contribution in [3.05, 3.63) is 163 Å². The highest BCUT2D eigenvalue weighted by Gasteiger charge is 2.23. The van der Waals surface area contributed by atoms with E-state index < -0.39 is 0 Å². The van der Waals surface area contributed by atoms with Crippen LogP contribution >= 0.6 is 15.9 Å². The molecule has 3 heteroatoms. The molecule has 0 aliphatic carbocycles. The minimum Gasteiger partial charge on any atom is -0.508 e. The van der Waals surface area contributed by atoms with Gasteiger partial charge in [-0.25, -0.2) is 0 Å². The normalized spacial score (nSPS) is 12.7. The van der Waals surface area contributed by atoms with E-state index in [0.29, 0.717) is 11.5 Å². The molecule has 0 aromatic heterocycles. The summed E-state index contributed by atoms with van der Waals surface area (Å²) in [7, 11) is 0. The van der Waals surface area contributed by atoms with Gasteiger partial charge in [0, 0.05) is 16.3 Å². The largest absolute Gasteiger partial charge is 0.508 e. The number of halogens is 1. The zero-order chi connectivity index (χ0) is 27.7. The zero-order valence-electron chi connectivity index (χ0n) is 22.7. The fourth-order valence-corrected chi connectivity index (χ4v) is 6.13. The van der Waals surface area contributed by atoms with Crippen LogP contribution in [0.25, 0.3) is 0 Å². The fourth-order valence-electron chi connectivity index (χ4n) is 5.50. The Kier molecular flexibility index (Phi) is 7.63. The summed E-state index contributed by atoms with van der Waals surface area (Å²) in [4.78, 5) is 0. The van der Waals surface area contributed by atoms with Gasteiger partial charge in [0.15, 0.2) is 0 Å². The van der Waals surface area contributed by atoms with Gasteiger partial charge in [0.05, 0.1) is 0 Å². The molecule has 0 spiro atoms. The van der Waals surface area contributed by atoms with Gasteiger partial charge in [-0.15, -0.1) is 0 Å². The van der Waals surface area contributed by atoms with Gasteiger partial charge in [-0.3, -0.25) is 0 Å². The standard InChI is InChI=1S/C36H33BrO2/c1-22-7-5-9-26(17-22)35(28-12-15-33(38)24(3)19-28)30-11-14-31(32(37)21-30)36(27-10-6-8-23(2)18-27)29-13-16-34(39)25(4)20-29/h5-21,35-36,38-39H,1-4H3. The van der Waals surface area contributed by atoms with Crippen molar-refractivity contribution in [1.29, 1.82) is 0 Å². The summed E-state index contributed by atoms with van der Waals surface area (Å²) in [6, 6.07) is 35.7. The first-order valence-corrected chi connectivity index (χ1v) is 14.0. The summed E-state index contributed by atoms with van der Waals surface area (Å²) in [6.07, 6.45) is 0. The van der Waals surface area contributed by atoms with Crippen LogP contribution in [0.2, 0.25) is 0 Å². The van der Waals surface area contributed by atoms with E-state index in [1.807, 2.05) is 26.0 Å². The topological polar surface area (TPSA) is 40.5 Å². The van der Waals surface area contributed by atoms with Crippen molar-refractivity contribution >= 4 is 15.9 Å². The second kappa shape index (κ2) is 11.1. The molecule has 0 aliphatic heterocycles. The van der Waals surface area contributed by atoms with Crippen molar-refractivity contribution in [3.63, 3.8) is 0 Å². The third-order valence-electron chi connectivity index (χ3n) is 7.53. The first-order chi connectivity index (χ1) is 18.7. The Morgan fingerprint density at radius 1 is 0.487 bits per heavy atom. The zero-order valence-corrected chi connectivity index (χ0v) is 24.3. The van der Waals surface area contributed by atoms with Crippen molar-refractivity contribution < 1.29 is 10.2 Å². The summed E-state index contributed by atoms with van der Waals surface area (Å²) < 4.78 is 1.03. The Morgan fingerprint density at radius 2 is 0.923 bits per heavy atom. The van der Waals surface area contributed by atoms with Gasteiger partial charge < -0.3 is 10.2 Å². The molecule has 0 radical (unpaired) electrons. The molecule has 2 atom stereocenters. The SMILES string of the molecule is Cc1cccc(C(c2ccc(O)c(C)c2)c2ccc(C(c3cccc(C)c3)c3ccc(O)c(C)c3)c(Br)c2)c1. The number of hydrogen-bond donors (Lipinski definition) is 2. The Balaban J connectivity index is 1.66. The van der Waals surface area contributed by atoms with Crippen LogP contribution in [0.1, 0.15) is 67.5 Å². The lowest BCUT2D eigenvalue weighted by atomic mass is 9.81. The van der Waals surface area contributed by atoms with Gasteiger partial charge >= 0.3 is 0 Å². The molecular formula is C36H33BrO2. The predicted molar refractivity (Wildman–Crippen MR) is 164 cm³/mol. The van der Waals surface area contributed by atoms with Crippen LogP contribution in [0.4, 0.5) is 0 Å². The minimum absolute atomic E-state index is 0.000890. The lowest BCUT2D eigenvalue weighted by Gasteiger charge is -2.24. The van der Waals surface area contributed by atoms with Crippen LogP contribution in [-0.4, -0.2) is 10.2 Å². The summed E-state index contributed by atoms with van der Waals surface area (Å²) in [5.74, 6) is 0.633. The van der Waals surface area contributed by atoms with Crippen molar-refractivity contribution in [1.82, 2.24) is 0 Å². The third-order valence-corrected chi connectivity index (χ3v) is 8.21. The molecule has 0 fully saturated rings. The maximum Gasteiger partial charge on any atom is 0.118 e. The highest BCUT2D eigenvalue weighted by atomic mass is 79.9. The minimum atomic E-state index is 0.000890. The maximum absolute atomic E-state index is 10.2. The average molecular weight is 578 g/mol. The van der Waals surface area contributed by atoms with Gasteiger partial charge in [-0.05, 0) is 90.4 Å². The van der Waals surface area contributed by atoms with Crippen LogP contribution in [-0.2, 0) is 0 Å². The number of hydrogen-bond acceptors (Lipinski definition) is 2. The van der Waals surface area contributed by atoms with Crippen molar-refractivity contribution in [2.24, 2.45) is 0 Å². The van der Waals surface area contributed by atoms with E-state index in [-0.39, 0.29) is 11.8 Å². The molecule has 2 unspecified atom stereocenters. The van der Waals surface area contributed by atoms with Crippen molar-refractivity contribution in [2.45, 2.75) is 39.5 Å². The molecule has 0 aliphatic rings. The summed E-state index contributed by atoms with van der Waals surface area (Å²) >= 11 is 3.96. The van der Waals surface area contributed by atoms with Crippen LogP contribution < -0.4 is 0 Å². The summed E-state index contributed by atoms with van der Waals surface area (Å²) in [5, 5.41) is 20.4. The summed E-state index contributed by atoms with van der Waals surface area (Å²) in [6.45, 7) is 8.12. The number of benzene rings is 5. The second-order valence-electron chi connectivity index (χ2n) is 10.6. The van der Waals surface area contributed by atoms with E-state index in [4.69, 9.17) is 0 Å².